The fourth-order valence-corrected chi connectivity index (χ4v) is 1.95. The average molecular weight is 342 g/mol. The van der Waals surface area contributed by atoms with Crippen LogP contribution in [0.5, 0.6) is 23.0 Å². The summed E-state index contributed by atoms with van der Waals surface area (Å²) in [6.07, 6.45) is 0. The Morgan fingerprint density at radius 3 is 1.92 bits per heavy atom. The molecule has 0 radical (unpaired) electrons. The fourth-order valence-electron chi connectivity index (χ4n) is 1.95. The summed E-state index contributed by atoms with van der Waals surface area (Å²) >= 11 is 0. The van der Waals surface area contributed by atoms with Crippen LogP contribution in [0.3, 0.4) is 0 Å². The van der Waals surface area contributed by atoms with Gasteiger partial charge in [-0.3, -0.25) is 9.59 Å². The van der Waals surface area contributed by atoms with Crippen LogP contribution in [0.4, 0.5) is 0 Å². The van der Waals surface area contributed by atoms with Crippen LogP contribution in [0.25, 0.3) is 0 Å². The van der Waals surface area contributed by atoms with Crippen molar-refractivity contribution in [3.05, 3.63) is 47.5 Å². The van der Waals surface area contributed by atoms with Gasteiger partial charge in [0.1, 0.15) is 36.2 Å². The molecule has 0 heterocycles. The molecule has 0 aliphatic carbocycles. The summed E-state index contributed by atoms with van der Waals surface area (Å²) in [5.41, 5.74) is 0.214. The van der Waals surface area contributed by atoms with E-state index in [9.17, 15) is 30.0 Å². The van der Waals surface area contributed by atoms with Crippen molar-refractivity contribution < 1.29 is 34.8 Å². The highest BCUT2D eigenvalue weighted by atomic mass is 16.5. The minimum atomic E-state index is -0.905. The van der Waals surface area contributed by atoms with Crippen LogP contribution in [-0.2, 0) is 9.53 Å². The number of hydrogen-bond acceptors (Lipinski definition) is 7. The van der Waals surface area contributed by atoms with Gasteiger partial charge in [0.05, 0.1) is 0 Å². The summed E-state index contributed by atoms with van der Waals surface area (Å²) in [7, 11) is 0. The fraction of sp³-hybridized carbons (Fsp3) is 0.111. The van der Waals surface area contributed by atoms with E-state index >= 15 is 0 Å². The van der Waals surface area contributed by atoms with Crippen molar-refractivity contribution in [3.8, 4) is 34.8 Å². The van der Waals surface area contributed by atoms with Crippen molar-refractivity contribution in [1.29, 1.82) is 0 Å². The largest absolute Gasteiger partial charge is 0.508 e. The number of ether oxygens (including phenoxy) is 1. The van der Waals surface area contributed by atoms with Gasteiger partial charge in [0.2, 0.25) is 11.6 Å². The summed E-state index contributed by atoms with van der Waals surface area (Å²) in [5, 5.41) is 37.2. The van der Waals surface area contributed by atoms with Crippen LogP contribution in [0, 0.1) is 11.8 Å². The molecule has 2 rings (SSSR count). The van der Waals surface area contributed by atoms with E-state index in [-0.39, 0.29) is 35.2 Å². The molecule has 0 saturated heterocycles. The first kappa shape index (κ1) is 17.8. The number of benzene rings is 2. The zero-order valence-electron chi connectivity index (χ0n) is 12.9. The SMILES string of the molecule is O=C(COCC#Cc1cc(O)cc(O)c1)C(=O)c1cc(O)cc(O)c1. The number of ketones is 2. The van der Waals surface area contributed by atoms with Crippen LogP contribution in [0.15, 0.2) is 36.4 Å². The van der Waals surface area contributed by atoms with Crippen molar-refractivity contribution in [2.75, 3.05) is 13.2 Å². The van der Waals surface area contributed by atoms with Gasteiger partial charge >= 0.3 is 0 Å². The van der Waals surface area contributed by atoms with E-state index < -0.39 is 18.2 Å². The summed E-state index contributed by atoms with van der Waals surface area (Å²) < 4.78 is 4.99. The van der Waals surface area contributed by atoms with Gasteiger partial charge < -0.3 is 25.2 Å². The van der Waals surface area contributed by atoms with Gasteiger partial charge in [-0.1, -0.05) is 11.8 Å². The van der Waals surface area contributed by atoms with Gasteiger partial charge in [0, 0.05) is 23.3 Å². The van der Waals surface area contributed by atoms with E-state index in [1.807, 2.05) is 0 Å². The van der Waals surface area contributed by atoms with Gasteiger partial charge in [0.15, 0.2) is 0 Å². The second kappa shape index (κ2) is 7.86. The summed E-state index contributed by atoms with van der Waals surface area (Å²) in [6, 6.07) is 7.01. The average Bonchev–Trinajstić information content (AvgIpc) is 2.51. The molecule has 0 bridgehead atoms. The van der Waals surface area contributed by atoms with Crippen LogP contribution < -0.4 is 0 Å². The Morgan fingerprint density at radius 2 is 1.36 bits per heavy atom. The number of phenolic OH excluding ortho intramolecular Hbond substituents is 4. The van der Waals surface area contributed by atoms with Crippen LogP contribution in [-0.4, -0.2) is 45.2 Å². The summed E-state index contributed by atoms with van der Waals surface area (Å²) in [4.78, 5) is 23.6. The first-order valence-electron chi connectivity index (χ1n) is 7.05. The second-order valence-electron chi connectivity index (χ2n) is 5.02. The van der Waals surface area contributed by atoms with E-state index in [1.54, 1.807) is 0 Å². The number of aromatic hydroxyl groups is 4. The van der Waals surface area contributed by atoms with Crippen molar-refractivity contribution in [2.24, 2.45) is 0 Å². The van der Waals surface area contributed by atoms with Crippen molar-refractivity contribution in [2.45, 2.75) is 0 Å². The van der Waals surface area contributed by atoms with Crippen molar-refractivity contribution >= 4 is 11.6 Å². The smallest absolute Gasteiger partial charge is 0.231 e. The molecule has 25 heavy (non-hydrogen) atoms. The number of Topliss-reactive ketones (excluding diaryl/α,β-unsaturated/α-hetero) is 2. The molecule has 0 aromatic heterocycles. The van der Waals surface area contributed by atoms with Gasteiger partial charge in [-0.15, -0.1) is 0 Å². The monoisotopic (exact) mass is 342 g/mol. The Bertz CT molecular complexity index is 834. The molecule has 0 fully saturated rings. The van der Waals surface area contributed by atoms with Crippen molar-refractivity contribution in [1.82, 2.24) is 0 Å². The third kappa shape index (κ3) is 5.27. The second-order valence-corrected chi connectivity index (χ2v) is 5.02. The third-order valence-electron chi connectivity index (χ3n) is 2.96. The topological polar surface area (TPSA) is 124 Å². The molecule has 0 amide bonds. The Morgan fingerprint density at radius 1 is 0.840 bits per heavy atom. The highest BCUT2D eigenvalue weighted by Gasteiger charge is 2.17. The quantitative estimate of drug-likeness (QED) is 0.280. The standard InChI is InChI=1S/C18H14O7/c19-13-4-11(5-14(20)8-13)2-1-3-25-10-17(23)18(24)12-6-15(21)9-16(22)7-12/h4-9,19-22H,3,10H2. The number of carbonyl (C=O) groups is 2. The number of phenols is 4. The molecule has 128 valence electrons. The Labute approximate surface area is 142 Å². The lowest BCUT2D eigenvalue weighted by Gasteiger charge is -2.02. The molecule has 2 aromatic carbocycles. The number of rotatable bonds is 5. The molecule has 7 heteroatoms. The Kier molecular flexibility index (Phi) is 5.61. The van der Waals surface area contributed by atoms with Crippen molar-refractivity contribution in [3.63, 3.8) is 0 Å². The van der Waals surface area contributed by atoms with E-state index in [0.29, 0.717) is 5.56 Å². The molecule has 0 unspecified atom stereocenters. The zero-order valence-corrected chi connectivity index (χ0v) is 12.9. The normalized spacial score (nSPS) is 9.92. The maximum absolute atomic E-state index is 11.9. The molecule has 4 N–H and O–H groups in total. The Balaban J connectivity index is 1.88. The van der Waals surface area contributed by atoms with E-state index in [2.05, 4.69) is 11.8 Å². The van der Waals surface area contributed by atoms with E-state index in [4.69, 9.17) is 4.74 Å². The van der Waals surface area contributed by atoms with Gasteiger partial charge in [-0.25, -0.2) is 0 Å². The van der Waals surface area contributed by atoms with E-state index in [0.717, 1.165) is 24.3 Å². The molecule has 0 aliphatic rings. The molecular weight excluding hydrogens is 328 g/mol. The summed E-state index contributed by atoms with van der Waals surface area (Å²) in [6.45, 7) is -0.671. The lowest BCUT2D eigenvalue weighted by Crippen LogP contribution is -2.20. The first-order chi connectivity index (χ1) is 11.8. The molecule has 0 spiro atoms. The molecule has 0 saturated carbocycles. The first-order valence-corrected chi connectivity index (χ1v) is 7.05. The molecule has 0 atom stereocenters. The zero-order chi connectivity index (χ0) is 18.4. The van der Waals surface area contributed by atoms with Gasteiger partial charge in [-0.05, 0) is 24.3 Å². The van der Waals surface area contributed by atoms with Gasteiger partial charge in [0.25, 0.3) is 0 Å². The van der Waals surface area contributed by atoms with E-state index in [1.165, 1.54) is 12.1 Å². The minimum Gasteiger partial charge on any atom is -0.508 e. The Hall–Kier alpha value is -3.50. The lowest BCUT2D eigenvalue weighted by atomic mass is 10.1. The third-order valence-corrected chi connectivity index (χ3v) is 2.96. The predicted octanol–water partition coefficient (Wildman–Crippen LogP) is 1.33. The minimum absolute atomic E-state index is 0.139. The molecule has 0 aliphatic heterocycles. The predicted molar refractivity (Wildman–Crippen MR) is 86.6 cm³/mol. The van der Waals surface area contributed by atoms with Crippen LogP contribution in [0.2, 0.25) is 0 Å². The maximum atomic E-state index is 11.9. The number of hydrogen-bond donors (Lipinski definition) is 4. The van der Waals surface area contributed by atoms with Crippen LogP contribution in [0.1, 0.15) is 15.9 Å². The van der Waals surface area contributed by atoms with Crippen LogP contribution >= 0.6 is 0 Å². The maximum Gasteiger partial charge on any atom is 0.231 e. The van der Waals surface area contributed by atoms with Gasteiger partial charge in [-0.2, -0.15) is 0 Å². The lowest BCUT2D eigenvalue weighted by molar-refractivity contribution is -0.118. The highest BCUT2D eigenvalue weighted by Crippen LogP contribution is 2.21. The molecule has 2 aromatic rings. The summed E-state index contributed by atoms with van der Waals surface area (Å²) in [5.74, 6) is 2.48. The number of carbonyl (C=O) groups excluding carboxylic acids is 2. The highest BCUT2D eigenvalue weighted by molar-refractivity contribution is 6.44. The molecule has 7 nitrogen and oxygen atoms in total. The molecular formula is C18H14O7.